The van der Waals surface area contributed by atoms with E-state index >= 15 is 0 Å². The summed E-state index contributed by atoms with van der Waals surface area (Å²) < 4.78 is 42.7. The maximum Gasteiger partial charge on any atom is 0.397 e. The fourth-order valence-electron chi connectivity index (χ4n) is 10.2. The Kier molecular flexibility index (Phi) is 8.95. The molecule has 0 aromatic rings. The van der Waals surface area contributed by atoms with Gasteiger partial charge in [-0.1, -0.05) is 54.9 Å². The lowest BCUT2D eigenvalue weighted by atomic mass is 9.41. The molecule has 228 valence electrons. The second kappa shape index (κ2) is 10.9. The minimum absolute atomic E-state index is 0.0295. The van der Waals surface area contributed by atoms with E-state index in [1.54, 1.807) is 0 Å². The summed E-state index contributed by atoms with van der Waals surface area (Å²) >= 11 is 0. The molecule has 39 heavy (non-hydrogen) atoms. The number of hydrogen-bond donors (Lipinski definition) is 2. The Balaban J connectivity index is 1.53. The Morgan fingerprint density at radius 3 is 2.21 bits per heavy atom. The standard InChI is InChI=1S/C31H58O6SSi/c1-10-22-26-19-21(37-39(8,9)29(3,4)5)13-16-31(26,7)25-14-17-30(6)23(11-12-24(30)27(25)28(22)32)20(2)15-18-36-38(33,34)35/h20-28,32H,10-19H2,1-9H3,(H,33,34,35)/t20-,21-,22-,23?,24?,25?,26?,27?,28?,30-,31-/m1/s1. The molecular formula is C31H58O6SSi. The van der Waals surface area contributed by atoms with Gasteiger partial charge in [0.15, 0.2) is 8.32 Å². The summed E-state index contributed by atoms with van der Waals surface area (Å²) in [6.07, 6.45) is 9.78. The van der Waals surface area contributed by atoms with Crippen molar-refractivity contribution in [3.63, 3.8) is 0 Å². The number of aliphatic hydroxyl groups is 1. The molecule has 6 nitrogen and oxygen atoms in total. The zero-order chi connectivity index (χ0) is 29.2. The van der Waals surface area contributed by atoms with E-state index in [4.69, 9.17) is 8.98 Å². The summed E-state index contributed by atoms with van der Waals surface area (Å²) in [5, 5.41) is 12.3. The van der Waals surface area contributed by atoms with Crippen LogP contribution < -0.4 is 0 Å². The van der Waals surface area contributed by atoms with Crippen LogP contribution in [0.5, 0.6) is 0 Å². The van der Waals surface area contributed by atoms with Crippen LogP contribution in [-0.2, 0) is 19.0 Å². The highest BCUT2D eigenvalue weighted by Crippen LogP contribution is 2.69. The van der Waals surface area contributed by atoms with Crippen LogP contribution in [0.3, 0.4) is 0 Å². The SMILES string of the molecule is CC[C@H]1C(O)C2C3CCC([C@H](C)CCOS(=O)(=O)O)[C@@]3(C)CCC2[C@@]2(C)CC[C@@H](O[Si](C)(C)C(C)(C)C)CC12. The molecule has 4 rings (SSSR count). The van der Waals surface area contributed by atoms with Gasteiger partial charge in [0.25, 0.3) is 0 Å². The van der Waals surface area contributed by atoms with E-state index in [2.05, 4.69) is 65.7 Å². The number of aliphatic hydroxyl groups excluding tert-OH is 1. The lowest BCUT2D eigenvalue weighted by Crippen LogP contribution is -2.62. The number of fused-ring (bicyclic) bond motifs is 5. The van der Waals surface area contributed by atoms with Crippen molar-refractivity contribution >= 4 is 18.7 Å². The van der Waals surface area contributed by atoms with E-state index < -0.39 is 18.7 Å². The van der Waals surface area contributed by atoms with Crippen LogP contribution in [0.15, 0.2) is 0 Å². The van der Waals surface area contributed by atoms with Crippen molar-refractivity contribution in [1.29, 1.82) is 0 Å². The van der Waals surface area contributed by atoms with E-state index in [-0.39, 0.29) is 28.6 Å². The molecule has 0 amide bonds. The van der Waals surface area contributed by atoms with Crippen molar-refractivity contribution in [2.75, 3.05) is 6.61 Å². The van der Waals surface area contributed by atoms with Gasteiger partial charge in [0, 0.05) is 6.10 Å². The average molecular weight is 587 g/mol. The molecule has 0 heterocycles. The third kappa shape index (κ3) is 5.82. The molecule has 4 saturated carbocycles. The van der Waals surface area contributed by atoms with E-state index in [9.17, 15) is 13.5 Å². The van der Waals surface area contributed by atoms with Crippen LogP contribution >= 0.6 is 0 Å². The molecule has 11 atom stereocenters. The van der Waals surface area contributed by atoms with Crippen LogP contribution in [0.1, 0.15) is 106 Å². The van der Waals surface area contributed by atoms with Gasteiger partial charge in [-0.05, 0) is 122 Å². The maximum atomic E-state index is 12.1. The Morgan fingerprint density at radius 2 is 1.62 bits per heavy atom. The largest absolute Gasteiger partial charge is 0.414 e. The smallest absolute Gasteiger partial charge is 0.397 e. The lowest BCUT2D eigenvalue weighted by Gasteiger charge is -2.65. The summed E-state index contributed by atoms with van der Waals surface area (Å²) in [5.74, 6) is 3.05. The van der Waals surface area contributed by atoms with Gasteiger partial charge in [-0.25, -0.2) is 4.18 Å². The quantitative estimate of drug-likeness (QED) is 0.226. The second-order valence-electron chi connectivity index (χ2n) is 16.0. The third-order valence-electron chi connectivity index (χ3n) is 13.2. The first-order valence-corrected chi connectivity index (χ1v) is 20.1. The summed E-state index contributed by atoms with van der Waals surface area (Å²) in [5.41, 5.74) is 0.413. The molecule has 0 aromatic heterocycles. The number of rotatable bonds is 8. The lowest BCUT2D eigenvalue weighted by molar-refractivity contribution is -0.202. The molecule has 2 N–H and O–H groups in total. The molecule has 0 aromatic carbocycles. The van der Waals surface area contributed by atoms with Gasteiger partial charge in [0.1, 0.15) is 0 Å². The highest BCUT2D eigenvalue weighted by molar-refractivity contribution is 7.80. The van der Waals surface area contributed by atoms with Gasteiger partial charge in [-0.15, -0.1) is 0 Å². The molecule has 4 aliphatic rings. The molecule has 0 spiro atoms. The summed E-state index contributed by atoms with van der Waals surface area (Å²) in [4.78, 5) is 0. The van der Waals surface area contributed by atoms with Crippen LogP contribution in [0.4, 0.5) is 0 Å². The average Bonchev–Trinajstić information content (AvgIpc) is 3.15. The molecule has 4 aliphatic carbocycles. The van der Waals surface area contributed by atoms with Gasteiger partial charge < -0.3 is 9.53 Å². The first-order chi connectivity index (χ1) is 17.9. The summed E-state index contributed by atoms with van der Waals surface area (Å²) in [6.45, 7) is 21.3. The zero-order valence-electron chi connectivity index (χ0n) is 26.2. The Labute approximate surface area is 240 Å². The molecule has 4 fully saturated rings. The fourth-order valence-corrected chi connectivity index (χ4v) is 11.9. The Bertz CT molecular complexity index is 978. The molecule has 0 bridgehead atoms. The van der Waals surface area contributed by atoms with Gasteiger partial charge >= 0.3 is 10.4 Å². The first kappa shape index (κ1) is 31.9. The molecule has 6 unspecified atom stereocenters. The topological polar surface area (TPSA) is 93.1 Å². The number of hydrogen-bond acceptors (Lipinski definition) is 5. The molecular weight excluding hydrogens is 528 g/mol. The van der Waals surface area contributed by atoms with Gasteiger partial charge in [0.05, 0.1) is 12.7 Å². The van der Waals surface area contributed by atoms with E-state index in [1.807, 2.05) is 0 Å². The third-order valence-corrected chi connectivity index (χ3v) is 18.2. The van der Waals surface area contributed by atoms with Gasteiger partial charge in [0.2, 0.25) is 0 Å². The molecule has 0 saturated heterocycles. The van der Waals surface area contributed by atoms with Crippen molar-refractivity contribution in [3.8, 4) is 0 Å². The van der Waals surface area contributed by atoms with Crippen LogP contribution in [-0.4, -0.2) is 45.2 Å². The van der Waals surface area contributed by atoms with Crippen LogP contribution in [0.2, 0.25) is 18.1 Å². The minimum Gasteiger partial charge on any atom is -0.414 e. The van der Waals surface area contributed by atoms with E-state index in [1.165, 1.54) is 19.3 Å². The van der Waals surface area contributed by atoms with E-state index in [0.717, 1.165) is 32.1 Å². The van der Waals surface area contributed by atoms with Crippen molar-refractivity contribution in [3.05, 3.63) is 0 Å². The predicted octanol–water partition coefficient (Wildman–Crippen LogP) is 7.49. The highest BCUT2D eigenvalue weighted by atomic mass is 32.3. The fraction of sp³-hybridized carbons (Fsp3) is 1.00. The molecule has 8 heteroatoms. The van der Waals surface area contributed by atoms with Crippen LogP contribution in [0.25, 0.3) is 0 Å². The summed E-state index contributed by atoms with van der Waals surface area (Å²) in [7, 11) is -6.24. The first-order valence-electron chi connectivity index (χ1n) is 15.8. The maximum absolute atomic E-state index is 12.1. The Morgan fingerprint density at radius 1 is 1.00 bits per heavy atom. The normalized spacial score (nSPS) is 43.9. The predicted molar refractivity (Wildman–Crippen MR) is 159 cm³/mol. The Hall–Kier alpha value is 0.00688. The van der Waals surface area contributed by atoms with Crippen molar-refractivity contribution in [2.24, 2.45) is 52.3 Å². The van der Waals surface area contributed by atoms with Gasteiger partial charge in [-0.2, -0.15) is 8.42 Å². The highest BCUT2D eigenvalue weighted by Gasteiger charge is 2.65. The molecule has 0 aliphatic heterocycles. The minimum atomic E-state index is -4.39. The monoisotopic (exact) mass is 586 g/mol. The van der Waals surface area contributed by atoms with Crippen LogP contribution in [0, 0.1) is 52.3 Å². The molecule has 0 radical (unpaired) electrons. The van der Waals surface area contributed by atoms with Crippen molar-refractivity contribution in [1.82, 2.24) is 0 Å². The second-order valence-corrected chi connectivity index (χ2v) is 21.8. The zero-order valence-corrected chi connectivity index (χ0v) is 28.0. The summed E-state index contributed by atoms with van der Waals surface area (Å²) in [6, 6.07) is 0. The van der Waals surface area contributed by atoms with E-state index in [0.29, 0.717) is 54.0 Å². The van der Waals surface area contributed by atoms with Crippen molar-refractivity contribution in [2.45, 2.75) is 137 Å². The van der Waals surface area contributed by atoms with Crippen molar-refractivity contribution < 1.29 is 26.7 Å². The van der Waals surface area contributed by atoms with Gasteiger partial charge in [-0.3, -0.25) is 4.55 Å².